The van der Waals surface area contributed by atoms with E-state index in [0.717, 1.165) is 12.0 Å². The van der Waals surface area contributed by atoms with Crippen LogP contribution in [0.2, 0.25) is 0 Å². The number of para-hydroxylation sites is 1. The van der Waals surface area contributed by atoms with Gasteiger partial charge in [0.05, 0.1) is 13.7 Å². The summed E-state index contributed by atoms with van der Waals surface area (Å²) in [5.41, 5.74) is 0.914. The summed E-state index contributed by atoms with van der Waals surface area (Å²) in [7, 11) is 1.58. The van der Waals surface area contributed by atoms with E-state index in [1.165, 1.54) is 18.2 Å². The molecule has 0 radical (unpaired) electrons. The fourth-order valence-corrected chi connectivity index (χ4v) is 3.28. The minimum atomic E-state index is -0.537. The van der Waals surface area contributed by atoms with Gasteiger partial charge in [0.1, 0.15) is 17.3 Å². The second-order valence-corrected chi connectivity index (χ2v) is 6.51. The summed E-state index contributed by atoms with van der Waals surface area (Å²) in [4.78, 5) is 10.5. The van der Waals surface area contributed by atoms with Crippen LogP contribution in [-0.4, -0.2) is 43.7 Å². The van der Waals surface area contributed by atoms with Crippen molar-refractivity contribution in [2.45, 2.75) is 25.9 Å². The Morgan fingerprint density at radius 1 is 1.28 bits per heavy atom. The van der Waals surface area contributed by atoms with Crippen LogP contribution in [0.3, 0.4) is 0 Å². The van der Waals surface area contributed by atoms with E-state index in [4.69, 9.17) is 4.74 Å². The number of hydrogen-bond acceptors (Lipinski definition) is 4. The lowest BCUT2D eigenvalue weighted by atomic mass is 10.2. The van der Waals surface area contributed by atoms with Crippen molar-refractivity contribution >= 4 is 35.6 Å². The van der Waals surface area contributed by atoms with Gasteiger partial charge < -0.3 is 20.3 Å². The first kappa shape index (κ1) is 23.1. The van der Waals surface area contributed by atoms with Crippen LogP contribution in [0.5, 0.6) is 5.88 Å². The molecule has 2 aromatic rings. The van der Waals surface area contributed by atoms with Gasteiger partial charge in [0.15, 0.2) is 5.96 Å². The van der Waals surface area contributed by atoms with Gasteiger partial charge in [-0.25, -0.2) is 18.8 Å². The summed E-state index contributed by atoms with van der Waals surface area (Å²) >= 11 is 0. The van der Waals surface area contributed by atoms with Crippen LogP contribution in [-0.2, 0) is 6.54 Å². The molecule has 1 unspecified atom stereocenters. The number of nitrogens with zero attached hydrogens (tertiary/aromatic N) is 3. The van der Waals surface area contributed by atoms with Crippen LogP contribution in [0, 0.1) is 11.6 Å². The normalized spacial score (nSPS) is 16.3. The third kappa shape index (κ3) is 5.91. The number of pyridine rings is 1. The summed E-state index contributed by atoms with van der Waals surface area (Å²) in [6.45, 7) is 4.17. The largest absolute Gasteiger partial charge is 0.481 e. The smallest absolute Gasteiger partial charge is 0.218 e. The highest BCUT2D eigenvalue weighted by Crippen LogP contribution is 2.26. The molecule has 1 aromatic carbocycles. The van der Waals surface area contributed by atoms with E-state index in [0.29, 0.717) is 38.0 Å². The van der Waals surface area contributed by atoms with Gasteiger partial charge in [-0.15, -0.1) is 24.0 Å². The Labute approximate surface area is 186 Å². The van der Waals surface area contributed by atoms with Gasteiger partial charge in [-0.1, -0.05) is 12.1 Å². The number of nitrogens with one attached hydrogen (secondary N) is 2. The number of rotatable bonds is 6. The van der Waals surface area contributed by atoms with Gasteiger partial charge in [-0.2, -0.15) is 0 Å². The quantitative estimate of drug-likeness (QED) is 0.350. The lowest BCUT2D eigenvalue weighted by Crippen LogP contribution is -2.44. The van der Waals surface area contributed by atoms with Gasteiger partial charge in [-0.05, 0) is 31.5 Å². The topological polar surface area (TPSA) is 61.8 Å². The SMILES string of the molecule is CCNC(=NCc1cccnc1OC)NC1CCN(c2c(F)cccc2F)C1.I. The number of guanidine groups is 1. The lowest BCUT2D eigenvalue weighted by Gasteiger charge is -2.21. The van der Waals surface area contributed by atoms with E-state index in [9.17, 15) is 8.78 Å². The Balaban J connectivity index is 0.00000300. The molecule has 2 heterocycles. The molecule has 0 spiro atoms. The molecule has 1 saturated heterocycles. The lowest BCUT2D eigenvalue weighted by molar-refractivity contribution is 0.392. The van der Waals surface area contributed by atoms with Crippen LogP contribution in [0.1, 0.15) is 18.9 Å². The molecule has 1 aromatic heterocycles. The second kappa shape index (κ2) is 11.1. The molecular weight excluding hydrogens is 491 g/mol. The number of benzene rings is 1. The molecule has 0 aliphatic carbocycles. The molecule has 2 N–H and O–H groups in total. The van der Waals surface area contributed by atoms with E-state index in [2.05, 4.69) is 20.6 Å². The highest BCUT2D eigenvalue weighted by molar-refractivity contribution is 14.0. The van der Waals surface area contributed by atoms with E-state index >= 15 is 0 Å². The van der Waals surface area contributed by atoms with Crippen molar-refractivity contribution in [1.29, 1.82) is 0 Å². The number of ether oxygens (including phenoxy) is 1. The summed E-state index contributed by atoms with van der Waals surface area (Å²) in [5, 5.41) is 6.56. The monoisotopic (exact) mass is 517 g/mol. The predicted octanol–water partition coefficient (Wildman–Crippen LogP) is 3.32. The molecule has 1 fully saturated rings. The van der Waals surface area contributed by atoms with Crippen molar-refractivity contribution < 1.29 is 13.5 Å². The standard InChI is InChI=1S/C20H25F2N5O.HI/c1-3-23-20(25-12-14-6-5-10-24-19(14)28-2)26-15-9-11-27(13-15)18-16(21)7-4-8-17(18)22;/h4-8,10,15H,3,9,11-13H2,1-2H3,(H2,23,25,26);1H. The Kier molecular flexibility index (Phi) is 8.87. The van der Waals surface area contributed by atoms with Crippen LogP contribution < -0.4 is 20.3 Å². The molecule has 6 nitrogen and oxygen atoms in total. The van der Waals surface area contributed by atoms with E-state index < -0.39 is 11.6 Å². The van der Waals surface area contributed by atoms with Gasteiger partial charge in [0.25, 0.3) is 0 Å². The average Bonchev–Trinajstić information content (AvgIpc) is 3.14. The molecule has 1 aliphatic rings. The van der Waals surface area contributed by atoms with Crippen LogP contribution in [0.4, 0.5) is 14.5 Å². The van der Waals surface area contributed by atoms with Crippen LogP contribution in [0.15, 0.2) is 41.5 Å². The summed E-state index contributed by atoms with van der Waals surface area (Å²) in [6.07, 6.45) is 2.43. The molecule has 0 saturated carbocycles. The zero-order valence-corrected chi connectivity index (χ0v) is 18.8. The first-order valence-electron chi connectivity index (χ1n) is 9.34. The number of methoxy groups -OCH3 is 1. The molecule has 29 heavy (non-hydrogen) atoms. The minimum Gasteiger partial charge on any atom is -0.481 e. The van der Waals surface area contributed by atoms with Crippen LogP contribution >= 0.6 is 24.0 Å². The van der Waals surface area contributed by atoms with Gasteiger partial charge in [-0.3, -0.25) is 0 Å². The van der Waals surface area contributed by atoms with Crippen molar-refractivity contribution in [1.82, 2.24) is 15.6 Å². The van der Waals surface area contributed by atoms with Crippen LogP contribution in [0.25, 0.3) is 0 Å². The first-order chi connectivity index (χ1) is 13.6. The number of anilines is 1. The molecule has 1 aliphatic heterocycles. The fourth-order valence-electron chi connectivity index (χ4n) is 3.28. The van der Waals surface area contributed by atoms with E-state index in [-0.39, 0.29) is 35.7 Å². The van der Waals surface area contributed by atoms with Gasteiger partial charge >= 0.3 is 0 Å². The molecular formula is C20H26F2IN5O. The predicted molar refractivity (Wildman–Crippen MR) is 121 cm³/mol. The van der Waals surface area contributed by atoms with Crippen molar-refractivity contribution in [3.8, 4) is 5.88 Å². The number of hydrogen-bond donors (Lipinski definition) is 2. The number of aliphatic imine (C=N–C) groups is 1. The van der Waals surface area contributed by atoms with Crippen molar-refractivity contribution in [2.24, 2.45) is 4.99 Å². The summed E-state index contributed by atoms with van der Waals surface area (Å²) < 4.78 is 33.3. The minimum absolute atomic E-state index is 0. The Hall–Kier alpha value is -2.17. The maximum absolute atomic E-state index is 14.0. The zero-order valence-electron chi connectivity index (χ0n) is 16.5. The molecule has 0 bridgehead atoms. The zero-order chi connectivity index (χ0) is 19.9. The highest BCUT2D eigenvalue weighted by atomic mass is 127. The van der Waals surface area contributed by atoms with Crippen molar-refractivity contribution in [3.63, 3.8) is 0 Å². The fraction of sp³-hybridized carbons (Fsp3) is 0.400. The first-order valence-corrected chi connectivity index (χ1v) is 9.34. The third-order valence-electron chi connectivity index (χ3n) is 4.58. The molecule has 158 valence electrons. The Bertz CT molecular complexity index is 816. The van der Waals surface area contributed by atoms with Gasteiger partial charge in [0.2, 0.25) is 5.88 Å². The molecule has 1 atom stereocenters. The number of aromatic nitrogens is 1. The molecule has 3 rings (SSSR count). The summed E-state index contributed by atoms with van der Waals surface area (Å²) in [6, 6.07) is 7.73. The Morgan fingerprint density at radius 3 is 2.72 bits per heavy atom. The molecule has 0 amide bonds. The average molecular weight is 517 g/mol. The van der Waals surface area contributed by atoms with E-state index in [1.807, 2.05) is 19.1 Å². The van der Waals surface area contributed by atoms with Gasteiger partial charge in [0, 0.05) is 37.4 Å². The number of halogens is 3. The van der Waals surface area contributed by atoms with E-state index in [1.54, 1.807) is 18.2 Å². The maximum atomic E-state index is 14.0. The van der Waals surface area contributed by atoms with Crippen molar-refractivity contribution in [2.75, 3.05) is 31.6 Å². The Morgan fingerprint density at radius 2 is 2.03 bits per heavy atom. The van der Waals surface area contributed by atoms with Crippen molar-refractivity contribution in [3.05, 3.63) is 53.7 Å². The maximum Gasteiger partial charge on any atom is 0.218 e. The molecule has 9 heteroatoms. The summed E-state index contributed by atoms with van der Waals surface area (Å²) in [5.74, 6) is 0.119. The highest BCUT2D eigenvalue weighted by Gasteiger charge is 2.27. The second-order valence-electron chi connectivity index (χ2n) is 6.51. The third-order valence-corrected chi connectivity index (χ3v) is 4.58.